The van der Waals surface area contributed by atoms with Crippen LogP contribution in [0.5, 0.6) is 5.75 Å². The second-order valence-corrected chi connectivity index (χ2v) is 9.64. The third kappa shape index (κ3) is 2.97. The zero-order valence-electron chi connectivity index (χ0n) is 18.9. The fourth-order valence-corrected chi connectivity index (χ4v) is 6.01. The molecule has 4 unspecified atom stereocenters. The van der Waals surface area contributed by atoms with Gasteiger partial charge >= 0.3 is 0 Å². The minimum atomic E-state index is -2.70. The van der Waals surface area contributed by atoms with E-state index >= 15 is 0 Å². The number of rotatable bonds is 3. The number of carbonyl (C=O) groups excluding carboxylic acids is 5. The first-order valence-electron chi connectivity index (χ1n) is 10.7. The van der Waals surface area contributed by atoms with Crippen molar-refractivity contribution in [3.63, 3.8) is 0 Å². The lowest BCUT2D eigenvalue weighted by atomic mass is 9.52. The fraction of sp³-hybridized carbons (Fsp3) is 0.522. The van der Waals surface area contributed by atoms with Gasteiger partial charge < -0.3 is 20.8 Å². The monoisotopic (exact) mass is 457 g/mol. The number of ketones is 4. The molecule has 3 aliphatic rings. The van der Waals surface area contributed by atoms with Gasteiger partial charge in [0.15, 0.2) is 34.7 Å². The molecule has 2 saturated carbocycles. The Morgan fingerprint density at radius 1 is 1.09 bits per heavy atom. The maximum absolute atomic E-state index is 13.7. The van der Waals surface area contributed by atoms with E-state index in [4.69, 9.17) is 5.73 Å². The third-order valence-corrected chi connectivity index (χ3v) is 7.40. The van der Waals surface area contributed by atoms with Crippen LogP contribution in [-0.4, -0.2) is 84.0 Å². The minimum Gasteiger partial charge on any atom is -0.507 e. The first kappa shape index (κ1) is 23.1. The number of hydrogen-bond donors (Lipinski definition) is 3. The summed E-state index contributed by atoms with van der Waals surface area (Å²) in [5.74, 6) is -10.3. The molecule has 2 fully saturated rings. The lowest BCUT2D eigenvalue weighted by Crippen LogP contribution is -2.74. The van der Waals surface area contributed by atoms with Crippen molar-refractivity contribution in [1.82, 2.24) is 4.90 Å². The summed E-state index contributed by atoms with van der Waals surface area (Å²) in [5, 5.41) is 21.9. The summed E-state index contributed by atoms with van der Waals surface area (Å²) in [5.41, 5.74) is 3.87. The molecule has 3 aliphatic carbocycles. The van der Waals surface area contributed by atoms with Crippen LogP contribution in [0.15, 0.2) is 12.1 Å². The zero-order valence-corrected chi connectivity index (χ0v) is 18.9. The van der Waals surface area contributed by atoms with Gasteiger partial charge in [0.05, 0.1) is 17.5 Å². The van der Waals surface area contributed by atoms with E-state index in [0.717, 1.165) is 0 Å². The predicted molar refractivity (Wildman–Crippen MR) is 116 cm³/mol. The van der Waals surface area contributed by atoms with Gasteiger partial charge in [0.1, 0.15) is 5.75 Å². The summed E-state index contributed by atoms with van der Waals surface area (Å²) in [6.07, 6.45) is 0.278. The largest absolute Gasteiger partial charge is 0.507 e. The first-order chi connectivity index (χ1) is 15.3. The van der Waals surface area contributed by atoms with Gasteiger partial charge in [0.2, 0.25) is 5.91 Å². The predicted octanol–water partition coefficient (Wildman–Crippen LogP) is -1.07. The average molecular weight is 457 g/mol. The van der Waals surface area contributed by atoms with Crippen molar-refractivity contribution in [3.8, 4) is 5.75 Å². The molecular formula is C23H27N3O7. The molecule has 0 heterocycles. The molecule has 1 amide bonds. The molecule has 10 heteroatoms. The Bertz CT molecular complexity index is 1110. The van der Waals surface area contributed by atoms with E-state index in [2.05, 4.69) is 0 Å². The molecule has 176 valence electrons. The van der Waals surface area contributed by atoms with Crippen LogP contribution in [0.2, 0.25) is 0 Å². The standard InChI is InChI=1S/C23H27N3O7/c1-25(2)12-5-6-13(27)15-10(12)7-9-8-11-17(26(3)4)19(29)16(22(24)32)21(31)23(11,33)20(30)14(9)18(15)28/h5-6,9,11,14,16-17,27,33H,7-8H2,1-4H3,(H2,24,32)/t9?,11?,14?,16?,17-,23-/m0/s1. The topological polar surface area (TPSA) is 158 Å². The quantitative estimate of drug-likeness (QED) is 0.481. The number of benzene rings is 1. The number of phenols is 1. The van der Waals surface area contributed by atoms with E-state index < -0.39 is 64.4 Å². The maximum Gasteiger partial charge on any atom is 0.235 e. The van der Waals surface area contributed by atoms with E-state index in [9.17, 15) is 34.2 Å². The third-order valence-electron chi connectivity index (χ3n) is 7.40. The number of fused-ring (bicyclic) bond motifs is 3. The highest BCUT2D eigenvalue weighted by molar-refractivity contribution is 6.32. The summed E-state index contributed by atoms with van der Waals surface area (Å²) in [7, 11) is 6.69. The number of Topliss-reactive ketones (excluding diaryl/α,β-unsaturated/α-hetero) is 4. The molecule has 0 saturated heterocycles. The van der Waals surface area contributed by atoms with Crippen molar-refractivity contribution in [1.29, 1.82) is 0 Å². The number of likely N-dealkylation sites (N-methyl/N-ethyl adjacent to an activating group) is 1. The van der Waals surface area contributed by atoms with Crippen LogP contribution in [0, 0.1) is 23.7 Å². The highest BCUT2D eigenvalue weighted by Crippen LogP contribution is 2.51. The molecule has 10 nitrogen and oxygen atoms in total. The van der Waals surface area contributed by atoms with Gasteiger partial charge in [-0.15, -0.1) is 0 Å². The van der Waals surface area contributed by atoms with Crippen LogP contribution in [0.25, 0.3) is 0 Å². The number of anilines is 1. The van der Waals surface area contributed by atoms with Gasteiger partial charge in [0, 0.05) is 25.7 Å². The number of aromatic hydroxyl groups is 1. The molecule has 33 heavy (non-hydrogen) atoms. The van der Waals surface area contributed by atoms with E-state index in [-0.39, 0.29) is 24.2 Å². The van der Waals surface area contributed by atoms with Crippen molar-refractivity contribution < 1.29 is 34.2 Å². The number of nitrogens with two attached hydrogens (primary N) is 1. The average Bonchev–Trinajstić information content (AvgIpc) is 2.70. The van der Waals surface area contributed by atoms with Crippen molar-refractivity contribution in [2.24, 2.45) is 29.4 Å². The Labute approximate surface area is 190 Å². The summed E-state index contributed by atoms with van der Waals surface area (Å²) >= 11 is 0. The van der Waals surface area contributed by atoms with Gasteiger partial charge in [-0.05, 0) is 50.6 Å². The Hall–Kier alpha value is -3.11. The van der Waals surface area contributed by atoms with E-state index in [1.165, 1.54) is 11.0 Å². The van der Waals surface area contributed by atoms with Gasteiger partial charge in [-0.1, -0.05) is 0 Å². The Balaban J connectivity index is 1.89. The number of phenolic OH excluding ortho intramolecular Hbond substituents is 1. The highest BCUT2D eigenvalue weighted by atomic mass is 16.3. The first-order valence-corrected chi connectivity index (χ1v) is 10.7. The van der Waals surface area contributed by atoms with Crippen LogP contribution in [-0.2, 0) is 25.6 Å². The highest BCUT2D eigenvalue weighted by Gasteiger charge is 2.69. The van der Waals surface area contributed by atoms with Crippen molar-refractivity contribution >= 4 is 34.7 Å². The fourth-order valence-electron chi connectivity index (χ4n) is 6.01. The Morgan fingerprint density at radius 3 is 2.27 bits per heavy atom. The van der Waals surface area contributed by atoms with E-state index in [0.29, 0.717) is 11.3 Å². The van der Waals surface area contributed by atoms with E-state index in [1.807, 2.05) is 0 Å². The number of aliphatic hydroxyl groups is 1. The molecule has 0 spiro atoms. The molecule has 0 aliphatic heterocycles. The number of carbonyl (C=O) groups is 5. The molecule has 0 radical (unpaired) electrons. The number of amides is 1. The van der Waals surface area contributed by atoms with Gasteiger partial charge in [-0.25, -0.2) is 0 Å². The normalized spacial score (nSPS) is 33.5. The van der Waals surface area contributed by atoms with Crippen molar-refractivity contribution in [3.05, 3.63) is 23.3 Å². The SMILES string of the molecule is CN(C)c1ccc(O)c2c1CC1CC3[C@H](N(C)C)C(=O)C(C(N)=O)C(=O)[C@@]3(O)C(=O)C1C2=O. The van der Waals surface area contributed by atoms with Gasteiger partial charge in [0.25, 0.3) is 0 Å². The molecule has 4 N–H and O–H groups in total. The summed E-state index contributed by atoms with van der Waals surface area (Å²) < 4.78 is 0. The lowest BCUT2D eigenvalue weighted by molar-refractivity contribution is -0.181. The second kappa shape index (κ2) is 7.46. The maximum atomic E-state index is 13.7. The number of primary amides is 1. The summed E-state index contributed by atoms with van der Waals surface area (Å²) in [6, 6.07) is 1.94. The molecule has 0 aromatic heterocycles. The molecular weight excluding hydrogens is 430 g/mol. The number of nitrogens with zero attached hydrogens (tertiary/aromatic N) is 2. The van der Waals surface area contributed by atoms with Crippen LogP contribution in [0.1, 0.15) is 22.3 Å². The van der Waals surface area contributed by atoms with Crippen LogP contribution < -0.4 is 10.6 Å². The summed E-state index contributed by atoms with van der Waals surface area (Å²) in [6.45, 7) is 0. The Morgan fingerprint density at radius 2 is 1.73 bits per heavy atom. The molecule has 4 rings (SSSR count). The summed E-state index contributed by atoms with van der Waals surface area (Å²) in [4.78, 5) is 68.6. The second-order valence-electron chi connectivity index (χ2n) is 9.64. The van der Waals surface area contributed by atoms with E-state index in [1.54, 1.807) is 39.2 Å². The van der Waals surface area contributed by atoms with Gasteiger partial charge in [-0.3, -0.25) is 28.9 Å². The molecule has 6 atom stereocenters. The van der Waals surface area contributed by atoms with Crippen molar-refractivity contribution in [2.45, 2.75) is 24.5 Å². The van der Waals surface area contributed by atoms with Crippen molar-refractivity contribution in [2.75, 3.05) is 33.1 Å². The lowest BCUT2D eigenvalue weighted by Gasteiger charge is -2.52. The molecule has 1 aromatic rings. The van der Waals surface area contributed by atoms with Gasteiger partial charge in [-0.2, -0.15) is 0 Å². The van der Waals surface area contributed by atoms with Crippen LogP contribution >= 0.6 is 0 Å². The Kier molecular flexibility index (Phi) is 5.21. The van der Waals surface area contributed by atoms with Crippen LogP contribution in [0.3, 0.4) is 0 Å². The van der Waals surface area contributed by atoms with Crippen LogP contribution in [0.4, 0.5) is 5.69 Å². The smallest absolute Gasteiger partial charge is 0.235 e. The molecule has 0 bridgehead atoms. The number of hydrogen-bond acceptors (Lipinski definition) is 9. The minimum absolute atomic E-state index is 0.00667. The molecule has 1 aromatic carbocycles. The zero-order chi connectivity index (χ0) is 24.6.